The first kappa shape index (κ1) is 22.9. The molecule has 0 unspecified atom stereocenters. The molecule has 0 bridgehead atoms. The molecule has 0 spiro atoms. The Morgan fingerprint density at radius 3 is 2.66 bits per heavy atom. The van der Waals surface area contributed by atoms with Gasteiger partial charge in [-0.05, 0) is 42.5 Å². The normalized spacial score (nSPS) is 15.2. The van der Waals surface area contributed by atoms with Crippen molar-refractivity contribution in [1.82, 2.24) is 4.98 Å². The lowest BCUT2D eigenvalue weighted by atomic mass is 10.1. The van der Waals surface area contributed by atoms with Crippen LogP contribution >= 0.6 is 0 Å². The molecule has 1 fully saturated rings. The number of hydrogen-bond acceptors (Lipinski definition) is 6. The van der Waals surface area contributed by atoms with E-state index >= 15 is 0 Å². The number of para-hydroxylation sites is 1. The zero-order chi connectivity index (χ0) is 24.6. The zero-order valence-electron chi connectivity index (χ0n) is 18.5. The number of hydrazine groups is 1. The molecule has 0 saturated carbocycles. The monoisotopic (exact) mass is 492 g/mol. The van der Waals surface area contributed by atoms with E-state index in [0.717, 1.165) is 31.8 Å². The molecule has 4 aromatic rings. The van der Waals surface area contributed by atoms with Crippen molar-refractivity contribution < 1.29 is 22.3 Å². The number of rotatable bonds is 4. The second-order valence-electron chi connectivity index (χ2n) is 7.98. The summed E-state index contributed by atoms with van der Waals surface area (Å²) in [6, 6.07) is 22.0. The van der Waals surface area contributed by atoms with Crippen LogP contribution in [-0.2, 0) is 14.8 Å². The fraction of sp³-hybridized carbons (Fsp3) is 0.120. The second-order valence-corrected chi connectivity index (χ2v) is 9.99. The average molecular weight is 493 g/mol. The largest absolute Gasteiger partial charge is 0.359 e. The number of amides is 1. The highest BCUT2D eigenvalue weighted by Gasteiger charge is 2.28. The van der Waals surface area contributed by atoms with Gasteiger partial charge >= 0.3 is 0 Å². The summed E-state index contributed by atoms with van der Waals surface area (Å²) in [5.74, 6) is 4.20. The number of anilines is 2. The molecule has 35 heavy (non-hydrogen) atoms. The van der Waals surface area contributed by atoms with E-state index in [4.69, 9.17) is 10.6 Å². The third-order valence-corrected chi connectivity index (χ3v) is 7.41. The molecular weight excluding hydrogens is 471 g/mol. The Kier molecular flexibility index (Phi) is 5.93. The number of nitrogens with zero attached hydrogens (tertiary/aromatic N) is 3. The fourth-order valence-electron chi connectivity index (χ4n) is 3.86. The van der Waals surface area contributed by atoms with Gasteiger partial charge < -0.3 is 4.74 Å². The first-order chi connectivity index (χ1) is 16.8. The highest BCUT2D eigenvalue weighted by Crippen LogP contribution is 2.27. The van der Waals surface area contributed by atoms with Gasteiger partial charge in [-0.15, -0.1) is 0 Å². The van der Waals surface area contributed by atoms with Crippen LogP contribution in [-0.4, -0.2) is 38.4 Å². The molecule has 0 aliphatic carbocycles. The molecular formula is C25H21FN4O4S. The topological polar surface area (TPSA) is 106 Å². The van der Waals surface area contributed by atoms with Crippen LogP contribution in [0.5, 0.6) is 0 Å². The second kappa shape index (κ2) is 9.06. The molecule has 8 nitrogen and oxygen atoms in total. The Balaban J connectivity index is 1.41. The molecule has 1 aromatic heterocycles. The Morgan fingerprint density at radius 1 is 1.03 bits per heavy atom. The van der Waals surface area contributed by atoms with Crippen molar-refractivity contribution in [3.05, 3.63) is 90.2 Å². The van der Waals surface area contributed by atoms with E-state index < -0.39 is 21.7 Å². The SMILES string of the molecule is NN(C(=O)c1ccc(N2COCCS2(=O)=O)cc1F)c1cccc(-c2ccc3ccccc3n2)c1. The summed E-state index contributed by atoms with van der Waals surface area (Å²) in [6.45, 7) is -0.137. The van der Waals surface area contributed by atoms with E-state index in [2.05, 4.69) is 4.98 Å². The Morgan fingerprint density at radius 2 is 1.86 bits per heavy atom. The summed E-state index contributed by atoms with van der Waals surface area (Å²) in [5, 5.41) is 1.86. The van der Waals surface area contributed by atoms with Gasteiger partial charge in [0.15, 0.2) is 0 Å². The Bertz CT molecular complexity index is 1540. The Hall–Kier alpha value is -3.86. The molecule has 0 radical (unpaired) electrons. The minimum absolute atomic E-state index is 0.0756. The van der Waals surface area contributed by atoms with E-state index in [9.17, 15) is 17.6 Å². The fourth-order valence-corrected chi connectivity index (χ4v) is 5.08. The number of ether oxygens (including phenoxy) is 1. The number of hydrogen-bond donors (Lipinski definition) is 1. The van der Waals surface area contributed by atoms with E-state index in [-0.39, 0.29) is 30.3 Å². The standard InChI is InChI=1S/C25H21FN4O4S/c26-22-15-19(29-16-34-12-13-35(29,32)33)9-10-21(22)25(31)30(27)20-6-3-5-18(14-20)24-11-8-17-4-1-2-7-23(17)28-24/h1-11,14-15H,12-13,16,27H2. The summed E-state index contributed by atoms with van der Waals surface area (Å²) in [7, 11) is -3.62. The summed E-state index contributed by atoms with van der Waals surface area (Å²) in [5.41, 5.74) is 2.40. The van der Waals surface area contributed by atoms with Crippen molar-refractivity contribution in [2.24, 2.45) is 5.84 Å². The Labute approximate surface area is 201 Å². The summed E-state index contributed by atoms with van der Waals surface area (Å²) in [4.78, 5) is 17.7. The summed E-state index contributed by atoms with van der Waals surface area (Å²) >= 11 is 0. The number of halogens is 1. The van der Waals surface area contributed by atoms with Gasteiger partial charge in [0.25, 0.3) is 5.91 Å². The molecule has 3 aromatic carbocycles. The van der Waals surface area contributed by atoms with Gasteiger partial charge in [-0.2, -0.15) is 0 Å². The van der Waals surface area contributed by atoms with Gasteiger partial charge in [0.1, 0.15) is 12.5 Å². The highest BCUT2D eigenvalue weighted by molar-refractivity contribution is 7.92. The average Bonchev–Trinajstić information content (AvgIpc) is 2.87. The number of benzene rings is 3. The maximum atomic E-state index is 14.9. The van der Waals surface area contributed by atoms with E-state index in [1.54, 1.807) is 18.2 Å². The molecule has 2 N–H and O–H groups in total. The van der Waals surface area contributed by atoms with Gasteiger partial charge in [0, 0.05) is 10.9 Å². The van der Waals surface area contributed by atoms with Gasteiger partial charge in [-0.1, -0.05) is 36.4 Å². The van der Waals surface area contributed by atoms with Crippen LogP contribution in [0.4, 0.5) is 15.8 Å². The van der Waals surface area contributed by atoms with Crippen LogP contribution in [0.3, 0.4) is 0 Å². The van der Waals surface area contributed by atoms with E-state index in [0.29, 0.717) is 11.4 Å². The lowest BCUT2D eigenvalue weighted by Crippen LogP contribution is -2.41. The molecule has 0 atom stereocenters. The molecule has 1 aliphatic heterocycles. The van der Waals surface area contributed by atoms with Gasteiger partial charge in [0.2, 0.25) is 10.0 Å². The third kappa shape index (κ3) is 4.46. The first-order valence-electron chi connectivity index (χ1n) is 10.8. The maximum Gasteiger partial charge on any atom is 0.275 e. The number of carbonyl (C=O) groups is 1. The highest BCUT2D eigenvalue weighted by atomic mass is 32.2. The lowest BCUT2D eigenvalue weighted by Gasteiger charge is -2.28. The van der Waals surface area contributed by atoms with Crippen LogP contribution in [0.25, 0.3) is 22.2 Å². The summed E-state index contributed by atoms with van der Waals surface area (Å²) < 4.78 is 45.5. The van der Waals surface area contributed by atoms with E-state index in [1.165, 1.54) is 12.1 Å². The number of nitrogens with two attached hydrogens (primary N) is 1. The first-order valence-corrected chi connectivity index (χ1v) is 12.4. The van der Waals surface area contributed by atoms with Crippen molar-refractivity contribution in [3.63, 3.8) is 0 Å². The van der Waals surface area contributed by atoms with Crippen molar-refractivity contribution in [1.29, 1.82) is 0 Å². The molecule has 1 amide bonds. The maximum absolute atomic E-state index is 14.9. The zero-order valence-corrected chi connectivity index (χ0v) is 19.3. The summed E-state index contributed by atoms with van der Waals surface area (Å²) in [6.07, 6.45) is 0. The van der Waals surface area contributed by atoms with Crippen molar-refractivity contribution >= 4 is 38.2 Å². The number of carbonyl (C=O) groups excluding carboxylic acids is 1. The van der Waals surface area contributed by atoms with Crippen molar-refractivity contribution in [3.8, 4) is 11.3 Å². The molecule has 1 aliphatic rings. The van der Waals surface area contributed by atoms with Crippen LogP contribution in [0, 0.1) is 5.82 Å². The van der Waals surface area contributed by atoms with Crippen molar-refractivity contribution in [2.45, 2.75) is 0 Å². The van der Waals surface area contributed by atoms with Gasteiger partial charge in [0.05, 0.1) is 40.5 Å². The van der Waals surface area contributed by atoms with Crippen LogP contribution in [0.2, 0.25) is 0 Å². The van der Waals surface area contributed by atoms with Gasteiger partial charge in [-0.25, -0.2) is 32.9 Å². The molecule has 5 rings (SSSR count). The number of sulfonamides is 1. The van der Waals surface area contributed by atoms with Crippen LogP contribution in [0.1, 0.15) is 10.4 Å². The third-order valence-electron chi connectivity index (χ3n) is 5.74. The molecule has 10 heteroatoms. The van der Waals surface area contributed by atoms with Crippen molar-refractivity contribution in [2.75, 3.05) is 28.4 Å². The number of aromatic nitrogens is 1. The number of pyridine rings is 1. The predicted octanol–water partition coefficient (Wildman–Crippen LogP) is 3.69. The smallest absolute Gasteiger partial charge is 0.275 e. The molecule has 2 heterocycles. The predicted molar refractivity (Wildman–Crippen MR) is 132 cm³/mol. The lowest BCUT2D eigenvalue weighted by molar-refractivity contribution is 0.0983. The molecule has 1 saturated heterocycles. The minimum atomic E-state index is -3.62. The van der Waals surface area contributed by atoms with Gasteiger partial charge in [-0.3, -0.25) is 4.79 Å². The number of fused-ring (bicyclic) bond motifs is 1. The van der Waals surface area contributed by atoms with Crippen LogP contribution in [0.15, 0.2) is 78.9 Å². The molecule has 178 valence electrons. The van der Waals surface area contributed by atoms with Crippen LogP contribution < -0.4 is 15.2 Å². The quantitative estimate of drug-likeness (QED) is 0.265. The van der Waals surface area contributed by atoms with E-state index in [1.807, 2.05) is 42.5 Å². The minimum Gasteiger partial charge on any atom is -0.359 e.